The SMILES string of the molecule is COCc1csc(NC(=O)N2C[C@@H]3C[C@H]4C[C@H]3[C@@H]2[C@@H]4OC)n1. The number of methoxy groups -OCH3 is 2. The summed E-state index contributed by atoms with van der Waals surface area (Å²) in [6.45, 7) is 1.32. The average Bonchev–Trinajstić information content (AvgIpc) is 3.20. The van der Waals surface area contributed by atoms with Crippen molar-refractivity contribution in [1.82, 2.24) is 9.88 Å². The number of rotatable bonds is 4. The third-order valence-corrected chi connectivity index (χ3v) is 6.21. The van der Waals surface area contributed by atoms with Gasteiger partial charge >= 0.3 is 6.03 Å². The van der Waals surface area contributed by atoms with E-state index in [1.807, 2.05) is 10.3 Å². The summed E-state index contributed by atoms with van der Waals surface area (Å²) < 4.78 is 10.7. The van der Waals surface area contributed by atoms with Crippen LogP contribution < -0.4 is 5.32 Å². The number of urea groups is 1. The molecule has 2 saturated carbocycles. The Morgan fingerprint density at radius 2 is 2.32 bits per heavy atom. The molecular formula is C15H21N3O3S. The van der Waals surface area contributed by atoms with E-state index in [9.17, 15) is 4.79 Å². The van der Waals surface area contributed by atoms with Crippen molar-refractivity contribution in [2.24, 2.45) is 17.8 Å². The molecule has 120 valence electrons. The molecule has 1 saturated heterocycles. The molecule has 6 nitrogen and oxygen atoms in total. The highest BCUT2D eigenvalue weighted by molar-refractivity contribution is 7.13. The lowest BCUT2D eigenvalue weighted by molar-refractivity contribution is 0.0202. The van der Waals surface area contributed by atoms with E-state index >= 15 is 0 Å². The summed E-state index contributed by atoms with van der Waals surface area (Å²) in [6, 6.07) is 0.201. The Morgan fingerprint density at radius 3 is 3.09 bits per heavy atom. The van der Waals surface area contributed by atoms with Crippen LogP contribution in [0.5, 0.6) is 0 Å². The van der Waals surface area contributed by atoms with Crippen molar-refractivity contribution in [3.05, 3.63) is 11.1 Å². The smallest absolute Gasteiger partial charge is 0.324 e. The Hall–Kier alpha value is -1.18. The maximum absolute atomic E-state index is 12.6. The summed E-state index contributed by atoms with van der Waals surface area (Å²) in [5, 5.41) is 5.49. The highest BCUT2D eigenvalue weighted by Gasteiger charge is 2.60. The number of thiazole rings is 1. The number of aromatic nitrogens is 1. The molecule has 0 unspecified atom stereocenters. The van der Waals surface area contributed by atoms with Crippen LogP contribution in [-0.2, 0) is 16.1 Å². The van der Waals surface area contributed by atoms with Crippen LogP contribution in [-0.4, -0.2) is 48.8 Å². The number of likely N-dealkylation sites (tertiary alicyclic amines) is 1. The molecule has 2 heterocycles. The lowest BCUT2D eigenvalue weighted by Crippen LogP contribution is -2.46. The molecule has 1 aromatic rings. The fourth-order valence-corrected chi connectivity index (χ4v) is 5.38. The van der Waals surface area contributed by atoms with E-state index in [-0.39, 0.29) is 18.2 Å². The molecule has 2 bridgehead atoms. The zero-order valence-electron chi connectivity index (χ0n) is 12.8. The number of hydrogen-bond donors (Lipinski definition) is 1. The van der Waals surface area contributed by atoms with Gasteiger partial charge in [-0.05, 0) is 30.6 Å². The van der Waals surface area contributed by atoms with Gasteiger partial charge in [-0.15, -0.1) is 11.3 Å². The Morgan fingerprint density at radius 1 is 1.45 bits per heavy atom. The van der Waals surface area contributed by atoms with Gasteiger partial charge in [0.2, 0.25) is 0 Å². The van der Waals surface area contributed by atoms with Gasteiger partial charge in [0.15, 0.2) is 5.13 Å². The van der Waals surface area contributed by atoms with Crippen molar-refractivity contribution >= 4 is 22.5 Å². The monoisotopic (exact) mass is 323 g/mol. The molecule has 4 rings (SSSR count). The fraction of sp³-hybridized carbons (Fsp3) is 0.733. The van der Waals surface area contributed by atoms with Gasteiger partial charge < -0.3 is 14.4 Å². The molecule has 22 heavy (non-hydrogen) atoms. The van der Waals surface area contributed by atoms with E-state index < -0.39 is 0 Å². The highest BCUT2D eigenvalue weighted by atomic mass is 32.1. The van der Waals surface area contributed by atoms with E-state index in [0.29, 0.717) is 29.5 Å². The maximum atomic E-state index is 12.6. The van der Waals surface area contributed by atoms with Crippen LogP contribution in [0.25, 0.3) is 0 Å². The quantitative estimate of drug-likeness (QED) is 0.922. The first-order chi connectivity index (χ1) is 10.7. The van der Waals surface area contributed by atoms with Crippen molar-refractivity contribution in [3.8, 4) is 0 Å². The van der Waals surface area contributed by atoms with Gasteiger partial charge in [0, 0.05) is 26.1 Å². The Bertz CT molecular complexity index is 576. The number of carbonyl (C=O) groups is 1. The number of anilines is 1. The molecule has 1 aliphatic heterocycles. The van der Waals surface area contributed by atoms with Crippen LogP contribution >= 0.6 is 11.3 Å². The second-order valence-corrected chi connectivity index (χ2v) is 7.36. The lowest BCUT2D eigenvalue weighted by Gasteiger charge is -2.31. The van der Waals surface area contributed by atoms with Crippen LogP contribution in [0.3, 0.4) is 0 Å². The van der Waals surface area contributed by atoms with Gasteiger partial charge in [-0.3, -0.25) is 5.32 Å². The van der Waals surface area contributed by atoms with Crippen LogP contribution in [0, 0.1) is 17.8 Å². The van der Waals surface area contributed by atoms with Crippen LogP contribution in [0.2, 0.25) is 0 Å². The van der Waals surface area contributed by atoms with Crippen molar-refractivity contribution in [3.63, 3.8) is 0 Å². The van der Waals surface area contributed by atoms with Gasteiger partial charge in [0.1, 0.15) is 0 Å². The van der Waals surface area contributed by atoms with Gasteiger partial charge in [0.05, 0.1) is 24.4 Å². The molecule has 0 spiro atoms. The molecule has 7 heteroatoms. The lowest BCUT2D eigenvalue weighted by atomic mass is 9.88. The largest absolute Gasteiger partial charge is 0.379 e. The number of nitrogens with zero attached hydrogens (tertiary/aromatic N) is 2. The summed E-state index contributed by atoms with van der Waals surface area (Å²) in [6.07, 6.45) is 2.63. The number of nitrogens with one attached hydrogen (secondary N) is 1. The zero-order chi connectivity index (χ0) is 15.3. The average molecular weight is 323 g/mol. The molecule has 0 aromatic carbocycles. The van der Waals surface area contributed by atoms with E-state index in [1.165, 1.54) is 24.2 Å². The first-order valence-corrected chi connectivity index (χ1v) is 8.63. The summed E-state index contributed by atoms with van der Waals surface area (Å²) >= 11 is 1.44. The summed E-state index contributed by atoms with van der Waals surface area (Å²) in [5.74, 6) is 1.92. The molecule has 0 radical (unpaired) electrons. The predicted molar refractivity (Wildman–Crippen MR) is 82.8 cm³/mol. The summed E-state index contributed by atoms with van der Waals surface area (Å²) in [7, 11) is 3.41. The third-order valence-electron chi connectivity index (χ3n) is 5.41. The number of carbonyl (C=O) groups excluding carboxylic acids is 1. The molecule has 5 atom stereocenters. The summed E-state index contributed by atoms with van der Waals surface area (Å²) in [5.41, 5.74) is 0.847. The van der Waals surface area contributed by atoms with Crippen LogP contribution in [0.4, 0.5) is 9.93 Å². The molecular weight excluding hydrogens is 302 g/mol. The topological polar surface area (TPSA) is 63.7 Å². The van der Waals surface area contributed by atoms with Crippen molar-refractivity contribution in [1.29, 1.82) is 0 Å². The fourth-order valence-electron chi connectivity index (χ4n) is 4.70. The molecule has 3 fully saturated rings. The second-order valence-electron chi connectivity index (χ2n) is 6.51. The first-order valence-electron chi connectivity index (χ1n) is 7.75. The summed E-state index contributed by atoms with van der Waals surface area (Å²) in [4.78, 5) is 19.0. The number of fused-ring (bicyclic) bond motifs is 1. The van der Waals surface area contributed by atoms with E-state index in [4.69, 9.17) is 9.47 Å². The Kier molecular flexibility index (Phi) is 3.58. The van der Waals surface area contributed by atoms with Gasteiger partial charge in [-0.25, -0.2) is 9.78 Å². The number of ether oxygens (including phenoxy) is 2. The predicted octanol–water partition coefficient (Wildman–Crippen LogP) is 2.18. The standard InChI is InChI=1S/C15H21N3O3S/c1-20-6-10-7-22-14(16-10)17-15(19)18-5-9-3-8-4-11(9)12(18)13(8)21-2/h7-9,11-13H,3-6H2,1-2H3,(H,16,17,19)/t8-,9-,11+,12+,13+/m0/s1. The molecule has 2 amide bonds. The first kappa shape index (κ1) is 14.4. The van der Waals surface area contributed by atoms with E-state index in [0.717, 1.165) is 12.2 Å². The van der Waals surface area contributed by atoms with Crippen molar-refractivity contribution in [2.45, 2.75) is 31.6 Å². The molecule has 1 aromatic heterocycles. The normalized spacial score (nSPS) is 35.4. The maximum Gasteiger partial charge on any atom is 0.324 e. The second kappa shape index (κ2) is 5.47. The zero-order valence-corrected chi connectivity index (χ0v) is 13.6. The van der Waals surface area contributed by atoms with Gasteiger partial charge in [-0.2, -0.15) is 0 Å². The van der Waals surface area contributed by atoms with E-state index in [2.05, 4.69) is 10.3 Å². The number of amides is 2. The molecule has 3 aliphatic rings. The van der Waals surface area contributed by atoms with E-state index in [1.54, 1.807) is 14.2 Å². The van der Waals surface area contributed by atoms with Crippen molar-refractivity contribution in [2.75, 3.05) is 26.1 Å². The minimum Gasteiger partial charge on any atom is -0.379 e. The van der Waals surface area contributed by atoms with Crippen LogP contribution in [0.15, 0.2) is 5.38 Å². The number of hydrogen-bond acceptors (Lipinski definition) is 5. The minimum atomic E-state index is -0.0413. The molecule has 1 N–H and O–H groups in total. The third kappa shape index (κ3) is 2.14. The van der Waals surface area contributed by atoms with Gasteiger partial charge in [0.25, 0.3) is 0 Å². The Balaban J connectivity index is 1.46. The minimum absolute atomic E-state index is 0.0413. The van der Waals surface area contributed by atoms with Crippen molar-refractivity contribution < 1.29 is 14.3 Å². The highest BCUT2D eigenvalue weighted by Crippen LogP contribution is 2.55. The molecule has 2 aliphatic carbocycles. The Labute approximate surface area is 133 Å². The van der Waals surface area contributed by atoms with Gasteiger partial charge in [-0.1, -0.05) is 0 Å². The van der Waals surface area contributed by atoms with Crippen LogP contribution in [0.1, 0.15) is 18.5 Å².